The molecule has 1 aliphatic rings. The van der Waals surface area contributed by atoms with E-state index in [2.05, 4.69) is 0 Å². The van der Waals surface area contributed by atoms with Gasteiger partial charge in [-0.15, -0.1) is 0 Å². The van der Waals surface area contributed by atoms with E-state index in [0.717, 1.165) is 19.3 Å². The van der Waals surface area contributed by atoms with Gasteiger partial charge in [0.15, 0.2) is 0 Å². The second-order valence-corrected chi connectivity index (χ2v) is 4.62. The molecule has 1 aromatic rings. The van der Waals surface area contributed by atoms with Gasteiger partial charge in [-0.05, 0) is 37.5 Å². The van der Waals surface area contributed by atoms with E-state index in [1.54, 1.807) is 12.1 Å². The first-order valence-corrected chi connectivity index (χ1v) is 6.04. The lowest BCUT2D eigenvalue weighted by molar-refractivity contribution is 0.0517. The number of hydrogen-bond acceptors (Lipinski definition) is 4. The number of carboxylic acids is 1. The van der Waals surface area contributed by atoms with Crippen LogP contribution in [0.5, 0.6) is 5.75 Å². The quantitative estimate of drug-likeness (QED) is 0.710. The van der Waals surface area contributed by atoms with E-state index in [0.29, 0.717) is 17.9 Å². The van der Waals surface area contributed by atoms with Crippen molar-refractivity contribution in [1.29, 1.82) is 0 Å². The first kappa shape index (κ1) is 12.7. The van der Waals surface area contributed by atoms with Gasteiger partial charge in [0.2, 0.25) is 0 Å². The first-order valence-electron chi connectivity index (χ1n) is 6.04. The molecule has 1 aromatic carbocycles. The minimum Gasteiger partial charge on any atom is -0.489 e. The molecule has 0 aromatic heterocycles. The molecule has 98 valence electrons. The normalized spacial score (nSPS) is 23.6. The summed E-state index contributed by atoms with van der Waals surface area (Å²) >= 11 is 0. The van der Waals surface area contributed by atoms with Crippen LogP contribution in [0, 0.1) is 0 Å². The number of anilines is 1. The molecule has 18 heavy (non-hydrogen) atoms. The SMILES string of the molecule is Nc1ccc(OC2CCCC(O)C2)c(C(=O)O)c1. The largest absolute Gasteiger partial charge is 0.489 e. The van der Waals surface area contributed by atoms with Gasteiger partial charge in [-0.2, -0.15) is 0 Å². The van der Waals surface area contributed by atoms with E-state index < -0.39 is 5.97 Å². The van der Waals surface area contributed by atoms with Crippen molar-refractivity contribution in [3.05, 3.63) is 23.8 Å². The molecule has 1 fully saturated rings. The van der Waals surface area contributed by atoms with Crippen molar-refractivity contribution in [1.82, 2.24) is 0 Å². The van der Waals surface area contributed by atoms with Gasteiger partial charge in [-0.3, -0.25) is 0 Å². The standard InChI is InChI=1S/C13H17NO4/c14-8-4-5-12(11(6-8)13(16)17)18-10-3-1-2-9(15)7-10/h4-6,9-10,15H,1-3,7,14H2,(H,16,17). The third kappa shape index (κ3) is 2.92. The Morgan fingerprint density at radius 1 is 1.39 bits per heavy atom. The molecular weight excluding hydrogens is 234 g/mol. The Morgan fingerprint density at radius 3 is 2.83 bits per heavy atom. The Labute approximate surface area is 105 Å². The van der Waals surface area contributed by atoms with Crippen LogP contribution in [0.1, 0.15) is 36.0 Å². The van der Waals surface area contributed by atoms with Gasteiger partial charge >= 0.3 is 5.97 Å². The fourth-order valence-electron chi connectivity index (χ4n) is 2.22. The number of hydrogen-bond donors (Lipinski definition) is 3. The molecule has 5 heteroatoms. The third-order valence-corrected chi connectivity index (χ3v) is 3.13. The molecule has 0 amide bonds. The predicted octanol–water partition coefficient (Wildman–Crippen LogP) is 1.65. The van der Waals surface area contributed by atoms with Gasteiger partial charge in [0.05, 0.1) is 6.10 Å². The number of nitrogen functional groups attached to an aromatic ring is 1. The summed E-state index contributed by atoms with van der Waals surface area (Å²) in [5, 5.41) is 18.7. The van der Waals surface area contributed by atoms with Gasteiger partial charge in [0.1, 0.15) is 17.4 Å². The van der Waals surface area contributed by atoms with Crippen molar-refractivity contribution in [2.24, 2.45) is 0 Å². The van der Waals surface area contributed by atoms with Gasteiger partial charge < -0.3 is 20.7 Å². The fraction of sp³-hybridized carbons (Fsp3) is 0.462. The molecule has 0 saturated heterocycles. The summed E-state index contributed by atoms with van der Waals surface area (Å²) in [6.07, 6.45) is 2.57. The maximum Gasteiger partial charge on any atom is 0.339 e. The first-order chi connectivity index (χ1) is 8.56. The number of carboxylic acid groups (broad SMARTS) is 1. The summed E-state index contributed by atoms with van der Waals surface area (Å²) in [5.74, 6) is -0.746. The lowest BCUT2D eigenvalue weighted by Crippen LogP contribution is -2.28. The van der Waals surface area contributed by atoms with E-state index >= 15 is 0 Å². The third-order valence-electron chi connectivity index (χ3n) is 3.13. The zero-order chi connectivity index (χ0) is 13.1. The van der Waals surface area contributed by atoms with E-state index in [1.165, 1.54) is 6.07 Å². The Balaban J connectivity index is 2.15. The molecule has 4 N–H and O–H groups in total. The van der Waals surface area contributed by atoms with E-state index in [1.807, 2.05) is 0 Å². The number of carbonyl (C=O) groups is 1. The molecule has 1 aliphatic carbocycles. The van der Waals surface area contributed by atoms with Crippen LogP contribution in [0.4, 0.5) is 5.69 Å². The van der Waals surface area contributed by atoms with Gasteiger partial charge in [0, 0.05) is 12.1 Å². The van der Waals surface area contributed by atoms with Crippen molar-refractivity contribution in [2.75, 3.05) is 5.73 Å². The van der Waals surface area contributed by atoms with Crippen LogP contribution in [-0.4, -0.2) is 28.4 Å². The number of aliphatic hydroxyl groups is 1. The maximum absolute atomic E-state index is 11.1. The van der Waals surface area contributed by atoms with Gasteiger partial charge in [0.25, 0.3) is 0 Å². The average Bonchev–Trinajstić information content (AvgIpc) is 2.31. The molecule has 2 atom stereocenters. The van der Waals surface area contributed by atoms with Crippen molar-refractivity contribution < 1.29 is 19.7 Å². The van der Waals surface area contributed by atoms with Crippen LogP contribution in [0.2, 0.25) is 0 Å². The fourth-order valence-corrected chi connectivity index (χ4v) is 2.22. The lowest BCUT2D eigenvalue weighted by atomic mass is 9.95. The molecule has 0 aliphatic heterocycles. The van der Waals surface area contributed by atoms with E-state index in [-0.39, 0.29) is 17.8 Å². The number of aliphatic hydroxyl groups excluding tert-OH is 1. The molecule has 0 bridgehead atoms. The summed E-state index contributed by atoms with van der Waals surface area (Å²) in [6.45, 7) is 0. The van der Waals surface area contributed by atoms with Gasteiger partial charge in [-0.1, -0.05) is 0 Å². The Kier molecular flexibility index (Phi) is 3.72. The van der Waals surface area contributed by atoms with Crippen LogP contribution < -0.4 is 10.5 Å². The number of nitrogens with two attached hydrogens (primary N) is 1. The lowest BCUT2D eigenvalue weighted by Gasteiger charge is -2.27. The molecule has 0 heterocycles. The smallest absolute Gasteiger partial charge is 0.339 e. The highest BCUT2D eigenvalue weighted by Crippen LogP contribution is 2.27. The summed E-state index contributed by atoms with van der Waals surface area (Å²) in [6, 6.07) is 4.57. The molecule has 0 spiro atoms. The minimum absolute atomic E-state index is 0.0649. The zero-order valence-electron chi connectivity index (χ0n) is 10.0. The van der Waals surface area contributed by atoms with E-state index in [9.17, 15) is 9.90 Å². The summed E-state index contributed by atoms with van der Waals surface area (Å²) in [4.78, 5) is 11.1. The molecule has 5 nitrogen and oxygen atoms in total. The van der Waals surface area contributed by atoms with Crippen molar-refractivity contribution in [3.8, 4) is 5.75 Å². The number of aromatic carboxylic acids is 1. The highest BCUT2D eigenvalue weighted by Gasteiger charge is 2.23. The average molecular weight is 251 g/mol. The molecule has 0 radical (unpaired) electrons. The van der Waals surface area contributed by atoms with Crippen LogP contribution in [0.3, 0.4) is 0 Å². The monoisotopic (exact) mass is 251 g/mol. The highest BCUT2D eigenvalue weighted by molar-refractivity contribution is 5.92. The molecule has 2 unspecified atom stereocenters. The zero-order valence-corrected chi connectivity index (χ0v) is 10.0. The van der Waals surface area contributed by atoms with Crippen LogP contribution in [0.15, 0.2) is 18.2 Å². The Morgan fingerprint density at radius 2 is 2.17 bits per heavy atom. The topological polar surface area (TPSA) is 92.8 Å². The Hall–Kier alpha value is -1.75. The van der Waals surface area contributed by atoms with E-state index in [4.69, 9.17) is 15.6 Å². The molecule has 1 saturated carbocycles. The van der Waals surface area contributed by atoms with Crippen LogP contribution in [-0.2, 0) is 0 Å². The van der Waals surface area contributed by atoms with Crippen molar-refractivity contribution >= 4 is 11.7 Å². The highest BCUT2D eigenvalue weighted by atomic mass is 16.5. The molecule has 2 rings (SSSR count). The summed E-state index contributed by atoms with van der Waals surface area (Å²) in [7, 11) is 0. The summed E-state index contributed by atoms with van der Waals surface area (Å²) < 4.78 is 5.68. The minimum atomic E-state index is -1.06. The van der Waals surface area contributed by atoms with Crippen molar-refractivity contribution in [2.45, 2.75) is 37.9 Å². The van der Waals surface area contributed by atoms with Crippen LogP contribution >= 0.6 is 0 Å². The number of benzene rings is 1. The number of ether oxygens (including phenoxy) is 1. The second-order valence-electron chi connectivity index (χ2n) is 4.62. The second kappa shape index (κ2) is 5.27. The van der Waals surface area contributed by atoms with Gasteiger partial charge in [-0.25, -0.2) is 4.79 Å². The Bertz CT molecular complexity index is 447. The predicted molar refractivity (Wildman–Crippen MR) is 66.7 cm³/mol. The van der Waals surface area contributed by atoms with Crippen molar-refractivity contribution in [3.63, 3.8) is 0 Å². The van der Waals surface area contributed by atoms with Crippen LogP contribution in [0.25, 0.3) is 0 Å². The number of rotatable bonds is 3. The molecular formula is C13H17NO4. The maximum atomic E-state index is 11.1. The summed E-state index contributed by atoms with van der Waals surface area (Å²) in [5.41, 5.74) is 6.02.